The Kier molecular flexibility index (Phi) is 13.7. The summed E-state index contributed by atoms with van der Waals surface area (Å²) in [4.78, 5) is 69.8. The second-order valence-corrected chi connectivity index (χ2v) is 21.3. The Morgan fingerprint density at radius 1 is 0.887 bits per heavy atom. The predicted octanol–water partition coefficient (Wildman–Crippen LogP) is 4.18. The number of fused-ring (bicyclic) bond motifs is 3. The number of benzene rings is 2. The number of hydrogen-bond donors (Lipinski definition) is 5. The summed E-state index contributed by atoms with van der Waals surface area (Å²) >= 11 is 1.59. The highest BCUT2D eigenvalue weighted by atomic mass is 32.1. The first-order valence-corrected chi connectivity index (χ1v) is 25.7. The Morgan fingerprint density at radius 2 is 1.65 bits per heavy atom. The highest BCUT2D eigenvalue weighted by Gasteiger charge is 2.45. The number of thiazole rings is 1. The first-order valence-electron chi connectivity index (χ1n) is 24.8. The van der Waals surface area contributed by atoms with Crippen LogP contribution in [-0.2, 0) is 16.1 Å². The summed E-state index contributed by atoms with van der Waals surface area (Å²) in [6.45, 7) is 15.5. The number of likely N-dealkylation sites (tertiary alicyclic amines) is 2. The van der Waals surface area contributed by atoms with Crippen LogP contribution in [0.4, 0.5) is 28.1 Å². The topological polar surface area (TPSA) is 212 Å². The van der Waals surface area contributed by atoms with Gasteiger partial charge in [-0.25, -0.2) is 14.8 Å². The molecule has 0 unspecified atom stereocenters. The average molecular weight is 985 g/mol. The monoisotopic (exact) mass is 984 g/mol. The summed E-state index contributed by atoms with van der Waals surface area (Å²) in [6, 6.07) is 17.6. The number of anilines is 4. The van der Waals surface area contributed by atoms with E-state index in [1.807, 2.05) is 87.9 Å². The minimum atomic E-state index is -0.904. The number of rotatable bonds is 10. The fraction of sp³-hybridized carbons (Fsp3) is 0.490. The van der Waals surface area contributed by atoms with E-state index in [-0.39, 0.29) is 49.1 Å². The van der Waals surface area contributed by atoms with Gasteiger partial charge in [0.15, 0.2) is 5.82 Å². The van der Waals surface area contributed by atoms with Crippen molar-refractivity contribution < 1.29 is 24.6 Å². The molecule has 3 aromatic heterocycles. The maximum atomic E-state index is 14.3. The van der Waals surface area contributed by atoms with Crippen LogP contribution >= 0.6 is 11.3 Å². The van der Waals surface area contributed by atoms with Crippen molar-refractivity contribution in [2.75, 3.05) is 92.0 Å². The molecule has 4 saturated heterocycles. The first kappa shape index (κ1) is 48.0. The zero-order valence-corrected chi connectivity index (χ0v) is 41.7. The van der Waals surface area contributed by atoms with Gasteiger partial charge in [-0.3, -0.25) is 14.5 Å². The van der Waals surface area contributed by atoms with E-state index in [1.54, 1.807) is 28.4 Å². The second-order valence-electron chi connectivity index (χ2n) is 20.4. The number of hydrogen-bond acceptors (Lipinski definition) is 16. The van der Waals surface area contributed by atoms with Gasteiger partial charge in [0.1, 0.15) is 23.7 Å². The van der Waals surface area contributed by atoms with Gasteiger partial charge in [-0.1, -0.05) is 57.2 Å². The molecule has 0 aliphatic carbocycles. The van der Waals surface area contributed by atoms with Crippen molar-refractivity contribution >= 4 is 52.5 Å². The van der Waals surface area contributed by atoms with E-state index < -0.39 is 23.6 Å². The number of nitrogens with one attached hydrogen (secondary N) is 3. The number of aromatic nitrogens is 5. The highest BCUT2D eigenvalue weighted by molar-refractivity contribution is 7.13. The summed E-state index contributed by atoms with van der Waals surface area (Å²) in [5, 5.41) is 39.5. The number of phenolic OH excluding ortho intramolecular Hbond substituents is 1. The molecule has 4 atom stereocenters. The number of aromatic hydroxyl groups is 1. The highest BCUT2D eigenvalue weighted by Crippen LogP contribution is 2.37. The van der Waals surface area contributed by atoms with Crippen molar-refractivity contribution in [3.8, 4) is 27.4 Å². The number of aryl methyl sites for hydroxylation is 1. The molecule has 5 aromatic rings. The summed E-state index contributed by atoms with van der Waals surface area (Å²) < 4.78 is 0. The van der Waals surface area contributed by atoms with Crippen molar-refractivity contribution in [2.45, 2.75) is 83.8 Å². The standard InChI is InChI=1S/C51H64N14O5S/c1-32-44(71-31-55-32)34-11-9-33(10-12-34)27-54-47(68)41-25-37(66)30-65(41)48(69)45(51(2,3)4)57-50(70)62-17-14-35(15-18-62)60-19-21-61(22-20-60)43-13-16-52-49(56-43)63-23-24-64-36(29-63)28-53-46-40(64)26-39(58-59-46)38-7-5-6-8-42(38)67/h5-13,16,26,31,35-37,41,45,66-67H,14-15,17-25,27-30H2,1-4H3,(H,53,59)(H,54,68)(H,57,70)/t36-,37+,41-,45+/m0/s1. The van der Waals surface area contributed by atoms with E-state index >= 15 is 0 Å². The molecule has 8 heterocycles. The van der Waals surface area contributed by atoms with Crippen LogP contribution in [0.3, 0.4) is 0 Å². The number of aliphatic hydroxyl groups is 1. The van der Waals surface area contributed by atoms with Gasteiger partial charge in [0.05, 0.1) is 39.6 Å². The Morgan fingerprint density at radius 3 is 2.38 bits per heavy atom. The predicted molar refractivity (Wildman–Crippen MR) is 273 cm³/mol. The van der Waals surface area contributed by atoms with E-state index in [2.05, 4.69) is 50.7 Å². The molecule has 19 nitrogen and oxygen atoms in total. The van der Waals surface area contributed by atoms with E-state index in [4.69, 9.17) is 9.97 Å². The lowest BCUT2D eigenvalue weighted by Gasteiger charge is -2.46. The van der Waals surface area contributed by atoms with Gasteiger partial charge >= 0.3 is 6.03 Å². The normalized spacial score (nSPS) is 21.3. The summed E-state index contributed by atoms with van der Waals surface area (Å²) in [5.74, 6) is 1.85. The van der Waals surface area contributed by atoms with Gasteiger partial charge in [-0.05, 0) is 60.6 Å². The molecule has 5 N–H and O–H groups in total. The third kappa shape index (κ3) is 10.3. The molecule has 0 radical (unpaired) electrons. The Labute approximate surface area is 418 Å². The molecule has 0 saturated carbocycles. The van der Waals surface area contributed by atoms with Crippen molar-refractivity contribution in [3.05, 3.63) is 83.6 Å². The molecule has 5 aliphatic heterocycles. The molecular formula is C51H64N14O5S. The van der Waals surface area contributed by atoms with Crippen molar-refractivity contribution in [1.29, 1.82) is 0 Å². The number of piperazine rings is 2. The molecule has 10 rings (SSSR count). The van der Waals surface area contributed by atoms with Crippen LogP contribution in [-0.4, -0.2) is 170 Å². The maximum Gasteiger partial charge on any atom is 0.318 e. The fourth-order valence-corrected chi connectivity index (χ4v) is 11.5. The minimum Gasteiger partial charge on any atom is -0.507 e. The molecule has 4 amide bonds. The Hall–Kier alpha value is -6.64. The van der Waals surface area contributed by atoms with E-state index in [1.165, 1.54) is 4.90 Å². The molecule has 0 bridgehead atoms. The summed E-state index contributed by atoms with van der Waals surface area (Å²) in [7, 11) is 0. The molecule has 71 heavy (non-hydrogen) atoms. The number of nitrogens with zero attached hydrogens (tertiary/aromatic N) is 11. The quantitative estimate of drug-likeness (QED) is 0.133. The lowest BCUT2D eigenvalue weighted by molar-refractivity contribution is -0.142. The fourth-order valence-electron chi connectivity index (χ4n) is 10.7. The van der Waals surface area contributed by atoms with E-state index in [9.17, 15) is 24.6 Å². The van der Waals surface area contributed by atoms with Crippen LogP contribution in [0.2, 0.25) is 0 Å². The molecule has 0 spiro atoms. The van der Waals surface area contributed by atoms with Gasteiger partial charge < -0.3 is 50.7 Å². The lowest BCUT2D eigenvalue weighted by Crippen LogP contribution is -2.60. The molecule has 374 valence electrons. The van der Waals surface area contributed by atoms with Crippen LogP contribution in [0.15, 0.2) is 72.4 Å². The van der Waals surface area contributed by atoms with Crippen LogP contribution in [0, 0.1) is 12.3 Å². The zero-order valence-electron chi connectivity index (χ0n) is 40.9. The zero-order chi connectivity index (χ0) is 49.4. The number of piperidine rings is 1. The number of para-hydroxylation sites is 1. The molecule has 4 fully saturated rings. The van der Waals surface area contributed by atoms with Gasteiger partial charge in [-0.2, -0.15) is 4.98 Å². The molecule has 20 heteroatoms. The van der Waals surface area contributed by atoms with Gasteiger partial charge in [0, 0.05) is 103 Å². The maximum absolute atomic E-state index is 14.3. The van der Waals surface area contributed by atoms with Crippen molar-refractivity contribution in [2.24, 2.45) is 5.41 Å². The second kappa shape index (κ2) is 20.2. The van der Waals surface area contributed by atoms with Gasteiger partial charge in [0.2, 0.25) is 17.8 Å². The number of carbonyl (C=O) groups excluding carboxylic acids is 3. The van der Waals surface area contributed by atoms with Crippen molar-refractivity contribution in [3.63, 3.8) is 0 Å². The number of carbonyl (C=O) groups is 3. The van der Waals surface area contributed by atoms with Crippen LogP contribution < -0.4 is 30.7 Å². The van der Waals surface area contributed by atoms with Crippen LogP contribution in [0.1, 0.15) is 51.3 Å². The molecule has 5 aliphatic rings. The molecular weight excluding hydrogens is 921 g/mol. The number of phenols is 1. The molecule has 2 aromatic carbocycles. The van der Waals surface area contributed by atoms with Crippen LogP contribution in [0.25, 0.3) is 21.7 Å². The third-order valence-electron chi connectivity index (χ3n) is 14.7. The Balaban J connectivity index is 0.692. The summed E-state index contributed by atoms with van der Waals surface area (Å²) in [5.41, 5.74) is 6.38. The largest absolute Gasteiger partial charge is 0.507 e. The third-order valence-corrected chi connectivity index (χ3v) is 15.7. The number of β-amino-alcohol motifs (C(OH)–C–C–N with tert-alkyl or cyclic N) is 1. The Bertz CT molecular complexity index is 2720. The average Bonchev–Trinajstić information content (AvgIpc) is 4.01. The number of aliphatic hydroxyl groups excluding tert-OH is 1. The first-order chi connectivity index (χ1) is 34.3. The number of urea groups is 1. The SMILES string of the molecule is Cc1ncsc1-c1ccc(CNC(=O)[C@@H]2C[C@@H](O)CN2C(=O)[C@@H](NC(=O)N2CCC(N3CCN(c4ccnc(N5CCN6c7cc(-c8ccccc8O)nnc7NC[C@H]6C5)n4)CC3)CC2)C(C)(C)C)cc1. The smallest absolute Gasteiger partial charge is 0.318 e. The lowest BCUT2D eigenvalue weighted by atomic mass is 9.85. The van der Waals surface area contributed by atoms with Crippen molar-refractivity contribution in [1.82, 2.24) is 50.5 Å². The van der Waals surface area contributed by atoms with Gasteiger partial charge in [0.25, 0.3) is 0 Å². The van der Waals surface area contributed by atoms with Crippen LogP contribution in [0.5, 0.6) is 5.75 Å². The van der Waals surface area contributed by atoms with E-state index in [0.29, 0.717) is 30.4 Å². The number of amides is 4. The van der Waals surface area contributed by atoms with E-state index in [0.717, 1.165) is 110 Å². The van der Waals surface area contributed by atoms with Gasteiger partial charge in [-0.15, -0.1) is 21.5 Å². The minimum absolute atomic E-state index is 0.0203. The summed E-state index contributed by atoms with van der Waals surface area (Å²) in [6.07, 6.45) is 2.78.